The van der Waals surface area contributed by atoms with Crippen LogP contribution in [0.25, 0.3) is 0 Å². The van der Waals surface area contributed by atoms with Gasteiger partial charge in [0.25, 0.3) is 0 Å². The van der Waals surface area contributed by atoms with E-state index in [9.17, 15) is 0 Å². The Morgan fingerprint density at radius 2 is 2.25 bits per heavy atom. The van der Waals surface area contributed by atoms with Crippen LogP contribution in [0.2, 0.25) is 0 Å². The molecule has 0 aliphatic heterocycles. The summed E-state index contributed by atoms with van der Waals surface area (Å²) in [5.41, 5.74) is 9.99. The lowest BCUT2D eigenvalue weighted by Crippen LogP contribution is -2.02. The predicted octanol–water partition coefficient (Wildman–Crippen LogP) is 1.92. The molecule has 0 amide bonds. The molecule has 1 heterocycles. The fraction of sp³-hybridized carbons (Fsp3) is 0.250. The van der Waals surface area contributed by atoms with Crippen LogP contribution in [-0.2, 0) is 13.6 Å². The quantitative estimate of drug-likeness (QED) is 0.771. The minimum atomic E-state index is 0.738. The van der Waals surface area contributed by atoms with E-state index in [1.165, 1.54) is 0 Å². The average Bonchev–Trinajstić information content (AvgIpc) is 2.67. The molecule has 3 N–H and O–H groups in total. The molecule has 0 spiro atoms. The van der Waals surface area contributed by atoms with Gasteiger partial charge in [-0.1, -0.05) is 12.1 Å². The van der Waals surface area contributed by atoms with Crippen LogP contribution in [0, 0.1) is 6.92 Å². The standard InChI is InChI=1S/C12H16N4/c1-9-4-3-5-11(12(9)13)14-6-10-7-15-16(2)8-10/h3-5,7-8,14H,6,13H2,1-2H3. The molecule has 16 heavy (non-hydrogen) atoms. The van der Waals surface area contributed by atoms with Gasteiger partial charge in [-0.15, -0.1) is 0 Å². The molecule has 0 saturated heterocycles. The number of rotatable bonds is 3. The summed E-state index contributed by atoms with van der Waals surface area (Å²) in [6.45, 7) is 2.74. The van der Waals surface area contributed by atoms with E-state index in [0.717, 1.165) is 29.0 Å². The number of nitrogens with one attached hydrogen (secondary N) is 1. The van der Waals surface area contributed by atoms with Crippen molar-refractivity contribution in [2.75, 3.05) is 11.1 Å². The molecule has 4 nitrogen and oxygen atoms in total. The molecule has 0 atom stereocenters. The van der Waals surface area contributed by atoms with Gasteiger partial charge in [-0.2, -0.15) is 5.10 Å². The summed E-state index contributed by atoms with van der Waals surface area (Å²) in [6, 6.07) is 5.99. The van der Waals surface area contributed by atoms with Crippen LogP contribution >= 0.6 is 0 Å². The lowest BCUT2D eigenvalue weighted by atomic mass is 10.1. The second-order valence-electron chi connectivity index (χ2n) is 3.91. The van der Waals surface area contributed by atoms with Crippen LogP contribution in [0.4, 0.5) is 11.4 Å². The fourth-order valence-corrected chi connectivity index (χ4v) is 1.60. The highest BCUT2D eigenvalue weighted by atomic mass is 15.2. The van der Waals surface area contributed by atoms with Crippen molar-refractivity contribution < 1.29 is 0 Å². The monoisotopic (exact) mass is 216 g/mol. The summed E-state index contributed by atoms with van der Waals surface area (Å²) in [6.07, 6.45) is 3.83. The van der Waals surface area contributed by atoms with Gasteiger partial charge in [0.1, 0.15) is 0 Å². The Labute approximate surface area is 95.1 Å². The number of aromatic nitrogens is 2. The van der Waals surface area contributed by atoms with Crippen molar-refractivity contribution in [3.05, 3.63) is 41.7 Å². The van der Waals surface area contributed by atoms with Crippen molar-refractivity contribution in [2.45, 2.75) is 13.5 Å². The van der Waals surface area contributed by atoms with Gasteiger partial charge in [-0.3, -0.25) is 4.68 Å². The van der Waals surface area contributed by atoms with Crippen molar-refractivity contribution in [3.63, 3.8) is 0 Å². The van der Waals surface area contributed by atoms with Crippen LogP contribution in [0.15, 0.2) is 30.6 Å². The van der Waals surface area contributed by atoms with Gasteiger partial charge in [-0.05, 0) is 18.6 Å². The van der Waals surface area contributed by atoms with Crippen molar-refractivity contribution in [1.29, 1.82) is 0 Å². The first-order valence-electron chi connectivity index (χ1n) is 5.23. The largest absolute Gasteiger partial charge is 0.397 e. The first-order valence-corrected chi connectivity index (χ1v) is 5.23. The van der Waals surface area contributed by atoms with Crippen molar-refractivity contribution in [2.24, 2.45) is 7.05 Å². The van der Waals surface area contributed by atoms with Gasteiger partial charge >= 0.3 is 0 Å². The molecule has 0 aliphatic rings. The Morgan fingerprint density at radius 1 is 1.44 bits per heavy atom. The number of nitrogens with zero attached hydrogens (tertiary/aromatic N) is 2. The van der Waals surface area contributed by atoms with Crippen molar-refractivity contribution in [1.82, 2.24) is 9.78 Å². The molecule has 0 radical (unpaired) electrons. The van der Waals surface area contributed by atoms with E-state index in [2.05, 4.69) is 10.4 Å². The summed E-state index contributed by atoms with van der Waals surface area (Å²) < 4.78 is 1.79. The predicted molar refractivity (Wildman–Crippen MR) is 66.1 cm³/mol. The van der Waals surface area contributed by atoms with Crippen molar-refractivity contribution >= 4 is 11.4 Å². The highest BCUT2D eigenvalue weighted by Gasteiger charge is 2.01. The third-order valence-corrected chi connectivity index (χ3v) is 2.57. The maximum atomic E-state index is 5.97. The lowest BCUT2D eigenvalue weighted by molar-refractivity contribution is 0.767. The normalized spacial score (nSPS) is 10.4. The molecule has 2 rings (SSSR count). The maximum Gasteiger partial charge on any atom is 0.0579 e. The number of nitrogens with two attached hydrogens (primary N) is 1. The molecular weight excluding hydrogens is 200 g/mol. The van der Waals surface area contributed by atoms with Gasteiger partial charge in [0.2, 0.25) is 0 Å². The second-order valence-corrected chi connectivity index (χ2v) is 3.91. The summed E-state index contributed by atoms with van der Waals surface area (Å²) in [5.74, 6) is 0. The average molecular weight is 216 g/mol. The topological polar surface area (TPSA) is 55.9 Å². The van der Waals surface area contributed by atoms with E-state index in [0.29, 0.717) is 0 Å². The molecule has 1 aromatic carbocycles. The number of hydrogen-bond donors (Lipinski definition) is 2. The van der Waals surface area contributed by atoms with Gasteiger partial charge < -0.3 is 11.1 Å². The Hall–Kier alpha value is -1.97. The zero-order valence-corrected chi connectivity index (χ0v) is 9.57. The lowest BCUT2D eigenvalue weighted by Gasteiger charge is -2.09. The number of aryl methyl sites for hydroxylation is 2. The number of para-hydroxylation sites is 1. The molecule has 0 aliphatic carbocycles. The summed E-state index contributed by atoms with van der Waals surface area (Å²) in [5, 5.41) is 7.42. The van der Waals surface area contributed by atoms with E-state index in [-0.39, 0.29) is 0 Å². The van der Waals surface area contributed by atoms with Crippen LogP contribution in [-0.4, -0.2) is 9.78 Å². The van der Waals surface area contributed by atoms with E-state index in [1.54, 1.807) is 4.68 Å². The zero-order chi connectivity index (χ0) is 11.5. The fourth-order valence-electron chi connectivity index (χ4n) is 1.60. The molecule has 84 valence electrons. The van der Waals surface area contributed by atoms with Crippen molar-refractivity contribution in [3.8, 4) is 0 Å². The number of anilines is 2. The van der Waals surface area contributed by atoms with E-state index < -0.39 is 0 Å². The molecule has 0 saturated carbocycles. The highest BCUT2D eigenvalue weighted by Crippen LogP contribution is 2.22. The van der Waals surface area contributed by atoms with Crippen LogP contribution in [0.1, 0.15) is 11.1 Å². The van der Waals surface area contributed by atoms with Crippen LogP contribution < -0.4 is 11.1 Å². The first-order chi connectivity index (χ1) is 7.66. The Kier molecular flexibility index (Phi) is 2.81. The van der Waals surface area contributed by atoms with Crippen LogP contribution in [0.3, 0.4) is 0 Å². The van der Waals surface area contributed by atoms with Gasteiger partial charge in [0, 0.05) is 25.4 Å². The van der Waals surface area contributed by atoms with Gasteiger partial charge in [0.15, 0.2) is 0 Å². The summed E-state index contributed by atoms with van der Waals surface area (Å²) in [7, 11) is 1.91. The molecule has 4 heteroatoms. The van der Waals surface area contributed by atoms with E-state index in [1.807, 2.05) is 44.6 Å². The minimum Gasteiger partial charge on any atom is -0.397 e. The third kappa shape index (κ3) is 2.16. The van der Waals surface area contributed by atoms with E-state index in [4.69, 9.17) is 5.73 Å². The molecular formula is C12H16N4. The minimum absolute atomic E-state index is 0.738. The smallest absolute Gasteiger partial charge is 0.0579 e. The third-order valence-electron chi connectivity index (χ3n) is 2.57. The number of benzene rings is 1. The zero-order valence-electron chi connectivity index (χ0n) is 9.57. The first kappa shape index (κ1) is 10.5. The Bertz CT molecular complexity index is 488. The summed E-state index contributed by atoms with van der Waals surface area (Å²) >= 11 is 0. The van der Waals surface area contributed by atoms with Gasteiger partial charge in [-0.25, -0.2) is 0 Å². The maximum absolute atomic E-state index is 5.97. The van der Waals surface area contributed by atoms with E-state index >= 15 is 0 Å². The Morgan fingerprint density at radius 3 is 2.94 bits per heavy atom. The molecule has 1 aromatic heterocycles. The highest BCUT2D eigenvalue weighted by molar-refractivity contribution is 5.69. The second kappa shape index (κ2) is 4.26. The Balaban J connectivity index is 2.07. The van der Waals surface area contributed by atoms with Gasteiger partial charge in [0.05, 0.1) is 17.6 Å². The van der Waals surface area contributed by atoms with Crippen LogP contribution in [0.5, 0.6) is 0 Å². The summed E-state index contributed by atoms with van der Waals surface area (Å²) in [4.78, 5) is 0. The molecule has 0 unspecified atom stereocenters. The number of hydrogen-bond acceptors (Lipinski definition) is 3. The molecule has 2 aromatic rings. The molecule has 0 fully saturated rings. The SMILES string of the molecule is Cc1cccc(NCc2cnn(C)c2)c1N. The molecule has 0 bridgehead atoms. The number of nitrogen functional groups attached to an aromatic ring is 1.